The maximum absolute atomic E-state index is 4.89. The molecule has 1 nitrogen and oxygen atoms in total. The first kappa shape index (κ1) is 29.1. The molecule has 2 fully saturated rings. The largest absolute Gasteiger partial charge is 4.00 e. The number of hydrogen-bond donors (Lipinski definition) is 0. The minimum Gasteiger partial charge on any atom is -0.683 e. The third-order valence-electron chi connectivity index (χ3n) is 5.57. The zero-order valence-electron chi connectivity index (χ0n) is 19.9. The van der Waals surface area contributed by atoms with Crippen molar-refractivity contribution in [1.82, 2.24) is 0 Å². The van der Waals surface area contributed by atoms with Gasteiger partial charge >= 0.3 is 26.2 Å². The molecule has 0 amide bonds. The van der Waals surface area contributed by atoms with Gasteiger partial charge in [0.1, 0.15) is 0 Å². The monoisotopic (exact) mass is 491 g/mol. The second-order valence-corrected chi connectivity index (χ2v) is 15.4. The molecule has 0 unspecified atom stereocenters. The molecule has 1 aromatic carbocycles. The Balaban J connectivity index is 0.000000575. The number of nitrogens with zero attached hydrogens (tertiary/aromatic N) is 1. The standard InChI is InChI=1S/C16H27NSi.2C5H10.Zr/c1-6-10-16(14(2)13-18(3,4)5)17-15-11-8-7-9-12-15;2*1-2-4-5-3-1;/h7-9,11-12,14,16H,2,6,10,13H2,1,3-5H3;2*1-5H2;/q-2;;;+4/t14-,16-;;;/m1.../s1. The van der Waals surface area contributed by atoms with Crippen LogP contribution in [-0.4, -0.2) is 14.1 Å². The van der Waals surface area contributed by atoms with Crippen LogP contribution in [0.2, 0.25) is 25.7 Å². The Kier molecular flexibility index (Phi) is 17.8. The molecule has 29 heavy (non-hydrogen) atoms. The summed E-state index contributed by atoms with van der Waals surface area (Å²) in [5.74, 6) is 0.455. The third-order valence-corrected chi connectivity index (χ3v) is 7.32. The van der Waals surface area contributed by atoms with E-state index in [0.717, 1.165) is 12.1 Å². The summed E-state index contributed by atoms with van der Waals surface area (Å²) in [6.07, 6.45) is 17.3. The van der Waals surface area contributed by atoms with E-state index in [0.29, 0.717) is 12.0 Å². The van der Waals surface area contributed by atoms with Gasteiger partial charge in [0.2, 0.25) is 0 Å². The minimum atomic E-state index is -1.05. The Hall–Kier alpha value is 0.120. The molecule has 0 N–H and O–H groups in total. The van der Waals surface area contributed by atoms with Crippen LogP contribution in [0.25, 0.3) is 5.32 Å². The van der Waals surface area contributed by atoms with Crippen LogP contribution in [0.15, 0.2) is 30.3 Å². The van der Waals surface area contributed by atoms with Gasteiger partial charge in [-0.25, -0.2) is 0 Å². The fourth-order valence-electron chi connectivity index (χ4n) is 4.10. The van der Waals surface area contributed by atoms with E-state index >= 15 is 0 Å². The molecule has 1 aromatic rings. The van der Waals surface area contributed by atoms with Gasteiger partial charge < -0.3 is 12.2 Å². The summed E-state index contributed by atoms with van der Waals surface area (Å²) in [6, 6.07) is 12.0. The molecule has 0 aromatic heterocycles. The van der Waals surface area contributed by atoms with Crippen molar-refractivity contribution in [2.75, 3.05) is 0 Å². The summed E-state index contributed by atoms with van der Waals surface area (Å²) in [7, 11) is -1.05. The van der Waals surface area contributed by atoms with Gasteiger partial charge in [0, 0.05) is 8.07 Å². The smallest absolute Gasteiger partial charge is 0.683 e. The summed E-state index contributed by atoms with van der Waals surface area (Å²) < 4.78 is 0. The Bertz CT molecular complexity index is 438. The molecule has 3 heteroatoms. The van der Waals surface area contributed by atoms with Crippen molar-refractivity contribution in [1.29, 1.82) is 0 Å². The Labute approximate surface area is 203 Å². The van der Waals surface area contributed by atoms with Crippen molar-refractivity contribution in [3.05, 3.63) is 42.6 Å². The molecule has 0 spiro atoms. The van der Waals surface area contributed by atoms with Crippen LogP contribution in [0.1, 0.15) is 84.0 Å². The third kappa shape index (κ3) is 16.5. The van der Waals surface area contributed by atoms with Crippen molar-refractivity contribution in [2.45, 2.75) is 116 Å². The number of hydrogen-bond acceptors (Lipinski definition) is 0. The van der Waals surface area contributed by atoms with Gasteiger partial charge in [-0.1, -0.05) is 140 Å². The fourth-order valence-corrected chi connectivity index (χ4v) is 5.94. The van der Waals surface area contributed by atoms with Crippen LogP contribution in [-0.2, 0) is 26.2 Å². The molecule has 0 heterocycles. The van der Waals surface area contributed by atoms with E-state index in [1.165, 1.54) is 76.7 Å². The van der Waals surface area contributed by atoms with Gasteiger partial charge in [-0.2, -0.15) is 5.92 Å². The topological polar surface area (TPSA) is 14.1 Å². The van der Waals surface area contributed by atoms with Gasteiger partial charge in [0.15, 0.2) is 0 Å². The average Bonchev–Trinajstić information content (AvgIpc) is 3.39. The predicted molar refractivity (Wildman–Crippen MR) is 131 cm³/mol. The van der Waals surface area contributed by atoms with E-state index in [-0.39, 0.29) is 26.2 Å². The molecule has 2 aliphatic rings. The zero-order valence-corrected chi connectivity index (χ0v) is 23.3. The van der Waals surface area contributed by atoms with Gasteiger partial charge in [-0.3, -0.25) is 0 Å². The van der Waals surface area contributed by atoms with Crippen molar-refractivity contribution < 1.29 is 26.2 Å². The van der Waals surface area contributed by atoms with Crippen LogP contribution < -0.4 is 0 Å². The van der Waals surface area contributed by atoms with E-state index < -0.39 is 8.07 Å². The van der Waals surface area contributed by atoms with Crippen LogP contribution in [0.4, 0.5) is 5.69 Å². The van der Waals surface area contributed by atoms with Crippen molar-refractivity contribution in [3.8, 4) is 0 Å². The Morgan fingerprint density at radius 2 is 1.24 bits per heavy atom. The molecule has 162 valence electrons. The summed E-state index contributed by atoms with van der Waals surface area (Å²) in [5, 5.41) is 4.89. The average molecular weight is 493 g/mol. The molecule has 0 aliphatic heterocycles. The molecule has 0 saturated heterocycles. The maximum atomic E-state index is 4.89. The second kappa shape index (κ2) is 17.8. The quantitative estimate of drug-likeness (QED) is 0.266. The van der Waals surface area contributed by atoms with Crippen LogP contribution >= 0.6 is 0 Å². The van der Waals surface area contributed by atoms with Crippen molar-refractivity contribution >= 4 is 13.8 Å². The summed E-state index contributed by atoms with van der Waals surface area (Å²) in [6.45, 7) is 13.9. The van der Waals surface area contributed by atoms with Crippen LogP contribution in [0.5, 0.6) is 0 Å². The molecule has 0 radical (unpaired) electrons. The second-order valence-electron chi connectivity index (χ2n) is 9.88. The van der Waals surface area contributed by atoms with Gasteiger partial charge in [0.05, 0.1) is 0 Å². The van der Waals surface area contributed by atoms with E-state index in [9.17, 15) is 0 Å². The molecule has 0 bridgehead atoms. The van der Waals surface area contributed by atoms with Crippen molar-refractivity contribution in [3.63, 3.8) is 0 Å². The summed E-state index contributed by atoms with van der Waals surface area (Å²) in [4.78, 5) is 0. The summed E-state index contributed by atoms with van der Waals surface area (Å²) >= 11 is 0. The van der Waals surface area contributed by atoms with E-state index in [2.05, 4.69) is 57.8 Å². The fraction of sp³-hybridized carbons (Fsp3) is 0.731. The number of rotatable bonds is 7. The van der Waals surface area contributed by atoms with Gasteiger partial charge in [0.25, 0.3) is 0 Å². The Morgan fingerprint density at radius 1 is 0.828 bits per heavy atom. The molecule has 2 saturated carbocycles. The zero-order chi connectivity index (χ0) is 20.7. The first-order chi connectivity index (χ1) is 13.4. The SMILES string of the molecule is C1CCCC1.C1CCCC1.[CH2-][C@H](C[Si](C)(C)C)[C@@H](CCC)[N-]c1ccccc1.[Zr+4]. The molecule has 2 aliphatic carbocycles. The minimum absolute atomic E-state index is 0. The van der Waals surface area contributed by atoms with Crippen LogP contribution in [0.3, 0.4) is 0 Å². The predicted octanol–water partition coefficient (Wildman–Crippen LogP) is 9.55. The molecular formula is C26H47NSiZr+2. The maximum Gasteiger partial charge on any atom is 4.00 e. The van der Waals surface area contributed by atoms with Crippen LogP contribution in [0, 0.1) is 12.8 Å². The summed E-state index contributed by atoms with van der Waals surface area (Å²) in [5.41, 5.74) is 1.10. The van der Waals surface area contributed by atoms with Crippen molar-refractivity contribution in [2.24, 2.45) is 5.92 Å². The Morgan fingerprint density at radius 3 is 1.59 bits per heavy atom. The molecule has 3 rings (SSSR count). The van der Waals surface area contributed by atoms with E-state index in [1.807, 2.05) is 6.07 Å². The van der Waals surface area contributed by atoms with Gasteiger partial charge in [-0.15, -0.1) is 11.7 Å². The normalized spacial score (nSPS) is 17.7. The first-order valence-corrected chi connectivity index (χ1v) is 15.7. The first-order valence-electron chi connectivity index (χ1n) is 12.0. The molecule has 2 atom stereocenters. The number of benzene rings is 1. The molecular weight excluding hydrogens is 446 g/mol. The number of para-hydroxylation sites is 1. The van der Waals surface area contributed by atoms with E-state index in [1.54, 1.807) is 0 Å². The van der Waals surface area contributed by atoms with E-state index in [4.69, 9.17) is 5.32 Å². The van der Waals surface area contributed by atoms with Gasteiger partial charge in [-0.05, 0) is 0 Å².